The second kappa shape index (κ2) is 12.8. The smallest absolute Gasteiger partial charge is 0.180 e. The van der Waals surface area contributed by atoms with Gasteiger partial charge in [0.15, 0.2) is 11.5 Å². The number of nitrogens with one attached hydrogen (secondary N) is 1. The average Bonchev–Trinajstić information content (AvgIpc) is 2.73. The second-order valence-corrected chi connectivity index (χ2v) is 7.59. The Morgan fingerprint density at radius 2 is 1.65 bits per heavy atom. The van der Waals surface area contributed by atoms with Crippen LogP contribution in [0.5, 0.6) is 11.5 Å². The average molecular weight is 485 g/mol. The van der Waals surface area contributed by atoms with E-state index in [0.717, 1.165) is 29.7 Å². The molecule has 0 aromatic heterocycles. The van der Waals surface area contributed by atoms with Crippen LogP contribution in [-0.4, -0.2) is 13.2 Å². The predicted molar refractivity (Wildman–Crippen MR) is 127 cm³/mol. The van der Waals surface area contributed by atoms with Crippen molar-refractivity contribution in [3.8, 4) is 11.5 Å². The summed E-state index contributed by atoms with van der Waals surface area (Å²) in [6.45, 7) is 4.11. The molecule has 0 radical (unpaired) electrons. The first kappa shape index (κ1) is 25.3. The van der Waals surface area contributed by atoms with E-state index < -0.39 is 0 Å². The maximum Gasteiger partial charge on any atom is 0.180 e. The van der Waals surface area contributed by atoms with Crippen LogP contribution in [0.1, 0.15) is 23.6 Å². The van der Waals surface area contributed by atoms with Gasteiger partial charge in [-0.2, -0.15) is 0 Å². The van der Waals surface area contributed by atoms with Crippen LogP contribution >= 0.6 is 35.6 Å². The van der Waals surface area contributed by atoms with Crippen molar-refractivity contribution < 1.29 is 13.9 Å². The molecule has 3 nitrogen and oxygen atoms in total. The lowest BCUT2D eigenvalue weighted by Gasteiger charge is -2.16. The quantitative estimate of drug-likeness (QED) is 0.319. The van der Waals surface area contributed by atoms with Gasteiger partial charge in [0.05, 0.1) is 11.6 Å². The van der Waals surface area contributed by atoms with Crippen LogP contribution in [0.3, 0.4) is 0 Å². The largest absolute Gasteiger partial charge is 0.490 e. The van der Waals surface area contributed by atoms with E-state index in [4.69, 9.17) is 32.7 Å². The minimum atomic E-state index is -0.221. The summed E-state index contributed by atoms with van der Waals surface area (Å²) in [5.74, 6) is 0.891. The maximum atomic E-state index is 13.0. The van der Waals surface area contributed by atoms with Crippen molar-refractivity contribution in [3.05, 3.63) is 93.2 Å². The number of ether oxygens (including phenoxy) is 2. The van der Waals surface area contributed by atoms with Crippen molar-refractivity contribution in [2.75, 3.05) is 13.2 Å². The van der Waals surface area contributed by atoms with Gasteiger partial charge in [-0.15, -0.1) is 12.4 Å². The second-order valence-electron chi connectivity index (χ2n) is 6.77. The van der Waals surface area contributed by atoms with Crippen molar-refractivity contribution in [3.63, 3.8) is 0 Å². The number of hydrogen-bond acceptors (Lipinski definition) is 3. The zero-order valence-corrected chi connectivity index (χ0v) is 19.5. The fourth-order valence-electron chi connectivity index (χ4n) is 3.01. The van der Waals surface area contributed by atoms with E-state index in [0.29, 0.717) is 41.3 Å². The molecule has 3 aromatic rings. The normalized spacial score (nSPS) is 10.5. The number of halogens is 4. The molecule has 7 heteroatoms. The predicted octanol–water partition coefficient (Wildman–Crippen LogP) is 6.86. The van der Waals surface area contributed by atoms with Crippen LogP contribution in [0.25, 0.3) is 0 Å². The molecule has 0 aliphatic rings. The van der Waals surface area contributed by atoms with Gasteiger partial charge in [0.2, 0.25) is 0 Å². The summed E-state index contributed by atoms with van der Waals surface area (Å²) in [5, 5.41) is 4.52. The summed E-state index contributed by atoms with van der Waals surface area (Å²) in [4.78, 5) is 0. The molecule has 0 unspecified atom stereocenters. The number of rotatable bonds is 10. The molecular formula is C24H25Cl3FNO2. The van der Waals surface area contributed by atoms with Crippen LogP contribution < -0.4 is 14.8 Å². The number of benzene rings is 3. The molecule has 0 bridgehead atoms. The summed E-state index contributed by atoms with van der Waals surface area (Å²) in [7, 11) is 0. The Kier molecular flexibility index (Phi) is 10.4. The first-order valence-corrected chi connectivity index (χ1v) is 10.6. The molecule has 3 rings (SSSR count). The van der Waals surface area contributed by atoms with E-state index >= 15 is 0 Å². The van der Waals surface area contributed by atoms with Gasteiger partial charge >= 0.3 is 0 Å². The Balaban J connectivity index is 0.00000341. The molecular weight excluding hydrogens is 460 g/mol. The van der Waals surface area contributed by atoms with E-state index in [1.807, 2.05) is 43.3 Å². The van der Waals surface area contributed by atoms with Crippen molar-refractivity contribution >= 4 is 35.6 Å². The van der Waals surface area contributed by atoms with Crippen LogP contribution in [0, 0.1) is 5.82 Å². The number of hydrogen-bond donors (Lipinski definition) is 1. The minimum absolute atomic E-state index is 0. The van der Waals surface area contributed by atoms with Gasteiger partial charge in [0.25, 0.3) is 0 Å². The van der Waals surface area contributed by atoms with E-state index in [9.17, 15) is 4.39 Å². The first-order valence-electron chi connectivity index (χ1n) is 9.83. The fourth-order valence-corrected chi connectivity index (χ4v) is 3.49. The summed E-state index contributed by atoms with van der Waals surface area (Å²) in [6, 6.07) is 17.9. The topological polar surface area (TPSA) is 30.5 Å². The van der Waals surface area contributed by atoms with Gasteiger partial charge in [0, 0.05) is 17.1 Å². The molecule has 0 aliphatic carbocycles. The highest BCUT2D eigenvalue weighted by molar-refractivity contribution is 6.32. The molecule has 31 heavy (non-hydrogen) atoms. The highest BCUT2D eigenvalue weighted by Crippen LogP contribution is 2.37. The van der Waals surface area contributed by atoms with E-state index in [2.05, 4.69) is 5.32 Å². The molecule has 0 spiro atoms. The molecule has 0 amide bonds. The first-order chi connectivity index (χ1) is 14.6. The van der Waals surface area contributed by atoms with Crippen molar-refractivity contribution in [2.24, 2.45) is 0 Å². The lowest BCUT2D eigenvalue weighted by atomic mass is 10.1. The molecule has 0 saturated heterocycles. The molecule has 0 fully saturated rings. The van der Waals surface area contributed by atoms with E-state index in [-0.39, 0.29) is 18.2 Å². The van der Waals surface area contributed by atoms with E-state index in [1.165, 1.54) is 12.1 Å². The lowest BCUT2D eigenvalue weighted by Crippen LogP contribution is -2.17. The van der Waals surface area contributed by atoms with Crippen LogP contribution in [-0.2, 0) is 19.6 Å². The fraction of sp³-hybridized carbons (Fsp3) is 0.250. The summed E-state index contributed by atoms with van der Waals surface area (Å²) in [5.41, 5.74) is 2.96. The molecule has 0 aliphatic heterocycles. The standard InChI is InChI=1S/C24H24Cl2FNO2.ClH/c1-2-29-23-14-18(15-28-12-11-17-7-9-20(27)10-8-17)13-22(26)24(23)30-16-19-5-3-4-6-21(19)25;/h3-10,13-14,28H,2,11-12,15-16H2,1H3;1H. The zero-order chi connectivity index (χ0) is 21.3. The van der Waals surface area contributed by atoms with E-state index in [1.54, 1.807) is 12.1 Å². The van der Waals surface area contributed by atoms with Crippen molar-refractivity contribution in [1.82, 2.24) is 5.32 Å². The Morgan fingerprint density at radius 3 is 2.35 bits per heavy atom. The molecule has 3 aromatic carbocycles. The van der Waals surface area contributed by atoms with Crippen molar-refractivity contribution in [2.45, 2.75) is 26.5 Å². The van der Waals surface area contributed by atoms with Crippen LogP contribution in [0.4, 0.5) is 4.39 Å². The van der Waals surface area contributed by atoms with Gasteiger partial charge in [0.1, 0.15) is 12.4 Å². The Morgan fingerprint density at radius 1 is 0.903 bits per heavy atom. The Labute approximate surface area is 198 Å². The van der Waals surface area contributed by atoms with Gasteiger partial charge in [-0.25, -0.2) is 4.39 Å². The molecule has 0 saturated carbocycles. The molecule has 0 heterocycles. The zero-order valence-electron chi connectivity index (χ0n) is 17.2. The van der Waals surface area contributed by atoms with Gasteiger partial charge < -0.3 is 14.8 Å². The Hall–Kier alpha value is -1.98. The van der Waals surface area contributed by atoms with Crippen LogP contribution in [0.2, 0.25) is 10.0 Å². The Bertz CT molecular complexity index is 968. The third kappa shape index (κ3) is 7.58. The maximum absolute atomic E-state index is 13.0. The monoisotopic (exact) mass is 483 g/mol. The molecule has 0 atom stereocenters. The third-order valence-electron chi connectivity index (χ3n) is 4.53. The summed E-state index contributed by atoms with van der Waals surface area (Å²) in [6.07, 6.45) is 0.811. The highest BCUT2D eigenvalue weighted by atomic mass is 35.5. The molecule has 1 N–H and O–H groups in total. The SMILES string of the molecule is CCOc1cc(CNCCc2ccc(F)cc2)cc(Cl)c1OCc1ccccc1Cl.Cl. The van der Waals surface area contributed by atoms with Gasteiger partial charge in [-0.05, 0) is 61.3 Å². The molecule has 166 valence electrons. The van der Waals surface area contributed by atoms with Crippen LogP contribution in [0.15, 0.2) is 60.7 Å². The van der Waals surface area contributed by atoms with Gasteiger partial charge in [-0.3, -0.25) is 0 Å². The van der Waals surface area contributed by atoms with Crippen molar-refractivity contribution in [1.29, 1.82) is 0 Å². The lowest BCUT2D eigenvalue weighted by molar-refractivity contribution is 0.269. The third-order valence-corrected chi connectivity index (χ3v) is 5.18. The highest BCUT2D eigenvalue weighted by Gasteiger charge is 2.13. The minimum Gasteiger partial charge on any atom is -0.490 e. The summed E-state index contributed by atoms with van der Waals surface area (Å²) < 4.78 is 24.7. The van der Waals surface area contributed by atoms with Gasteiger partial charge in [-0.1, -0.05) is 53.5 Å². The summed E-state index contributed by atoms with van der Waals surface area (Å²) >= 11 is 12.7.